The fraction of sp³-hybridized carbons (Fsp3) is 0.286. The Labute approximate surface area is 116 Å². The summed E-state index contributed by atoms with van der Waals surface area (Å²) in [6.07, 6.45) is 1.81. The Balaban J connectivity index is 2.50. The fourth-order valence-electron chi connectivity index (χ4n) is 2.37. The molecule has 1 atom stereocenters. The van der Waals surface area contributed by atoms with Gasteiger partial charge in [-0.2, -0.15) is 0 Å². The first-order chi connectivity index (χ1) is 9.09. The summed E-state index contributed by atoms with van der Waals surface area (Å²) in [4.78, 5) is 9.06. The van der Waals surface area contributed by atoms with Crippen LogP contribution in [-0.2, 0) is 0 Å². The van der Waals surface area contributed by atoms with Crippen LogP contribution in [0.5, 0.6) is 0 Å². The molecule has 2 aromatic heterocycles. The van der Waals surface area contributed by atoms with Crippen LogP contribution in [-0.4, -0.2) is 28.7 Å². The number of rotatable bonds is 2. The highest BCUT2D eigenvalue weighted by molar-refractivity contribution is 6.20. The Morgan fingerprint density at radius 3 is 2.63 bits per heavy atom. The van der Waals surface area contributed by atoms with Crippen LogP contribution in [0.3, 0.4) is 0 Å². The highest BCUT2D eigenvalue weighted by Gasteiger charge is 2.18. The number of para-hydroxylation sites is 1. The summed E-state index contributed by atoms with van der Waals surface area (Å²) in [5.41, 5.74) is 2.89. The molecule has 0 aliphatic rings. The summed E-state index contributed by atoms with van der Waals surface area (Å²) in [6, 6.07) is 8.07. The average molecular weight is 275 g/mol. The van der Waals surface area contributed by atoms with Crippen LogP contribution in [0.4, 0.5) is 0 Å². The van der Waals surface area contributed by atoms with Crippen molar-refractivity contribution in [3.8, 4) is 0 Å². The van der Waals surface area contributed by atoms with Crippen LogP contribution < -0.4 is 5.01 Å². The van der Waals surface area contributed by atoms with Gasteiger partial charge in [0.1, 0.15) is 16.9 Å². The van der Waals surface area contributed by atoms with E-state index in [0.29, 0.717) is 0 Å². The third-order valence-electron chi connectivity index (χ3n) is 3.15. The summed E-state index contributed by atoms with van der Waals surface area (Å²) in [5.74, 6) is 0.833. The molecule has 3 rings (SSSR count). The molecule has 2 heterocycles. The fourth-order valence-corrected chi connectivity index (χ4v) is 2.51. The van der Waals surface area contributed by atoms with E-state index in [-0.39, 0.29) is 5.38 Å². The molecule has 0 aliphatic heterocycles. The molecule has 1 unspecified atom stereocenters. The van der Waals surface area contributed by atoms with E-state index in [0.717, 1.165) is 27.8 Å². The molecule has 4 nitrogen and oxygen atoms in total. The van der Waals surface area contributed by atoms with Gasteiger partial charge in [0.25, 0.3) is 0 Å². The zero-order valence-corrected chi connectivity index (χ0v) is 11.9. The third kappa shape index (κ3) is 1.83. The smallest absolute Gasteiger partial charge is 0.146 e. The number of hydrogen-bond acceptors (Lipinski definition) is 3. The minimum Gasteiger partial charge on any atom is -0.317 e. The molecule has 0 radical (unpaired) electrons. The van der Waals surface area contributed by atoms with Gasteiger partial charge < -0.3 is 5.01 Å². The van der Waals surface area contributed by atoms with E-state index in [1.54, 1.807) is 6.20 Å². The minimum atomic E-state index is -0.159. The first-order valence-electron chi connectivity index (χ1n) is 6.17. The van der Waals surface area contributed by atoms with Gasteiger partial charge in [0, 0.05) is 19.5 Å². The number of imidazole rings is 1. The maximum atomic E-state index is 6.24. The van der Waals surface area contributed by atoms with Crippen molar-refractivity contribution in [3.05, 3.63) is 36.3 Å². The number of pyridine rings is 1. The molecule has 1 aromatic carbocycles. The molecular formula is C14H15ClN4. The monoisotopic (exact) mass is 274 g/mol. The molecular weight excluding hydrogens is 260 g/mol. The van der Waals surface area contributed by atoms with Crippen molar-refractivity contribution in [3.63, 3.8) is 0 Å². The van der Waals surface area contributed by atoms with Gasteiger partial charge in [-0.05, 0) is 13.0 Å². The highest BCUT2D eigenvalue weighted by Crippen LogP contribution is 2.28. The van der Waals surface area contributed by atoms with Gasteiger partial charge in [-0.1, -0.05) is 18.2 Å². The predicted molar refractivity (Wildman–Crippen MR) is 79.4 cm³/mol. The van der Waals surface area contributed by atoms with Crippen LogP contribution in [0, 0.1) is 0 Å². The van der Waals surface area contributed by atoms with Crippen molar-refractivity contribution in [2.24, 2.45) is 0 Å². The topological polar surface area (TPSA) is 34.0 Å². The lowest BCUT2D eigenvalue weighted by Gasteiger charge is -2.19. The number of nitrogens with zero attached hydrogens (tertiary/aromatic N) is 4. The van der Waals surface area contributed by atoms with E-state index in [1.165, 1.54) is 0 Å². The van der Waals surface area contributed by atoms with Crippen LogP contribution >= 0.6 is 11.6 Å². The maximum Gasteiger partial charge on any atom is 0.146 e. The first kappa shape index (κ1) is 12.2. The number of aromatic nitrogens is 3. The van der Waals surface area contributed by atoms with E-state index < -0.39 is 0 Å². The number of halogens is 1. The largest absolute Gasteiger partial charge is 0.317 e. The molecule has 0 bridgehead atoms. The Morgan fingerprint density at radius 1 is 1.21 bits per heavy atom. The molecule has 3 aromatic rings. The second-order valence-electron chi connectivity index (χ2n) is 4.75. The van der Waals surface area contributed by atoms with Crippen molar-refractivity contribution >= 4 is 33.5 Å². The van der Waals surface area contributed by atoms with Gasteiger partial charge in [-0.15, -0.1) is 11.6 Å². The van der Waals surface area contributed by atoms with E-state index in [2.05, 4.69) is 20.7 Å². The van der Waals surface area contributed by atoms with E-state index >= 15 is 0 Å². The van der Waals surface area contributed by atoms with E-state index in [9.17, 15) is 0 Å². The molecule has 0 saturated carbocycles. The molecule has 5 heteroatoms. The standard InChI is InChI=1S/C14H15ClN4/c1-9(15)14-17-12-8-16-11-7-5-4-6-10(11)13(12)19(14)18(2)3/h4-9H,1-3H3. The van der Waals surface area contributed by atoms with Crippen LogP contribution in [0.15, 0.2) is 30.5 Å². The highest BCUT2D eigenvalue weighted by atomic mass is 35.5. The van der Waals surface area contributed by atoms with Crippen molar-refractivity contribution in [2.45, 2.75) is 12.3 Å². The number of fused-ring (bicyclic) bond motifs is 3. The van der Waals surface area contributed by atoms with Crippen LogP contribution in [0.25, 0.3) is 21.9 Å². The quantitative estimate of drug-likeness (QED) is 0.674. The maximum absolute atomic E-state index is 6.24. The molecule has 0 N–H and O–H groups in total. The lowest BCUT2D eigenvalue weighted by molar-refractivity contribution is 0.696. The molecule has 0 amide bonds. The molecule has 98 valence electrons. The zero-order valence-electron chi connectivity index (χ0n) is 11.1. The number of alkyl halides is 1. The van der Waals surface area contributed by atoms with E-state index in [1.807, 2.05) is 44.2 Å². The van der Waals surface area contributed by atoms with Gasteiger partial charge in [0.2, 0.25) is 0 Å². The minimum absolute atomic E-state index is 0.159. The van der Waals surface area contributed by atoms with Crippen molar-refractivity contribution in [1.82, 2.24) is 14.6 Å². The van der Waals surface area contributed by atoms with Crippen LogP contribution in [0.1, 0.15) is 18.1 Å². The molecule has 19 heavy (non-hydrogen) atoms. The molecule has 0 fully saturated rings. The zero-order chi connectivity index (χ0) is 13.6. The van der Waals surface area contributed by atoms with E-state index in [4.69, 9.17) is 11.6 Å². The Hall–Kier alpha value is -1.81. The summed E-state index contributed by atoms with van der Waals surface area (Å²) in [7, 11) is 3.97. The third-order valence-corrected chi connectivity index (χ3v) is 3.34. The molecule has 0 aliphatic carbocycles. The molecule has 0 saturated heterocycles. The lowest BCUT2D eigenvalue weighted by atomic mass is 10.2. The SMILES string of the molecule is CC(Cl)c1nc2cnc3ccccc3c2n1N(C)C. The molecule has 0 spiro atoms. The summed E-state index contributed by atoms with van der Waals surface area (Å²) < 4.78 is 2.05. The number of benzene rings is 1. The Morgan fingerprint density at radius 2 is 1.95 bits per heavy atom. The van der Waals surface area contributed by atoms with Gasteiger partial charge in [0.15, 0.2) is 0 Å². The van der Waals surface area contributed by atoms with Gasteiger partial charge in [-0.3, -0.25) is 4.98 Å². The van der Waals surface area contributed by atoms with Crippen molar-refractivity contribution < 1.29 is 0 Å². The Kier molecular flexibility index (Phi) is 2.82. The average Bonchev–Trinajstić information content (AvgIpc) is 2.78. The first-order valence-corrected chi connectivity index (χ1v) is 6.61. The normalized spacial score (nSPS) is 13.1. The summed E-state index contributed by atoms with van der Waals surface area (Å²) >= 11 is 6.24. The van der Waals surface area contributed by atoms with Gasteiger partial charge in [-0.25, -0.2) is 9.66 Å². The van der Waals surface area contributed by atoms with Crippen molar-refractivity contribution in [2.75, 3.05) is 19.1 Å². The summed E-state index contributed by atoms with van der Waals surface area (Å²) in [5, 5.41) is 2.93. The summed E-state index contributed by atoms with van der Waals surface area (Å²) in [6.45, 7) is 1.93. The van der Waals surface area contributed by atoms with Gasteiger partial charge >= 0.3 is 0 Å². The number of hydrogen-bond donors (Lipinski definition) is 0. The lowest BCUT2D eigenvalue weighted by Crippen LogP contribution is -2.27. The second kappa shape index (κ2) is 4.38. The second-order valence-corrected chi connectivity index (χ2v) is 5.41. The van der Waals surface area contributed by atoms with Crippen molar-refractivity contribution in [1.29, 1.82) is 0 Å². The Bertz CT molecular complexity index is 746. The van der Waals surface area contributed by atoms with Crippen LogP contribution in [0.2, 0.25) is 0 Å². The predicted octanol–water partition coefficient (Wildman–Crippen LogP) is 3.08. The van der Waals surface area contributed by atoms with Gasteiger partial charge in [0.05, 0.1) is 17.1 Å².